The highest BCUT2D eigenvalue weighted by atomic mass is 19.1. The number of ether oxygens (including phenoxy) is 2. The lowest BCUT2D eigenvalue weighted by atomic mass is 10.00. The summed E-state index contributed by atoms with van der Waals surface area (Å²) in [6, 6.07) is 7.54. The van der Waals surface area contributed by atoms with Crippen molar-refractivity contribution in [2.24, 2.45) is 0 Å². The van der Waals surface area contributed by atoms with Crippen molar-refractivity contribution in [2.45, 2.75) is 6.42 Å². The third kappa shape index (κ3) is 2.49. The molecule has 1 aliphatic carbocycles. The Morgan fingerprint density at radius 1 is 1.21 bits per heavy atom. The normalized spacial score (nSPS) is 12.4. The molecule has 0 spiro atoms. The summed E-state index contributed by atoms with van der Waals surface area (Å²) in [6.07, 6.45) is 2.10. The van der Waals surface area contributed by atoms with Crippen LogP contribution in [0.4, 0.5) is 4.39 Å². The second-order valence-corrected chi connectivity index (χ2v) is 6.62. The molecule has 0 saturated carbocycles. The van der Waals surface area contributed by atoms with E-state index in [0.717, 1.165) is 22.8 Å². The molecule has 0 fully saturated rings. The van der Waals surface area contributed by atoms with Crippen LogP contribution in [0.1, 0.15) is 11.1 Å². The molecule has 2 aromatic heterocycles. The van der Waals surface area contributed by atoms with Gasteiger partial charge < -0.3 is 14.5 Å². The first-order chi connectivity index (χ1) is 13.6. The van der Waals surface area contributed by atoms with Crippen LogP contribution in [-0.4, -0.2) is 28.9 Å². The Labute approximate surface area is 156 Å². The van der Waals surface area contributed by atoms with Gasteiger partial charge in [-0.15, -0.1) is 0 Å². The van der Waals surface area contributed by atoms with Crippen LogP contribution in [0.5, 0.6) is 5.75 Å². The summed E-state index contributed by atoms with van der Waals surface area (Å²) >= 11 is 0. The average Bonchev–Trinajstić information content (AvgIpc) is 3.46. The van der Waals surface area contributed by atoms with E-state index in [-0.39, 0.29) is 23.4 Å². The molecule has 0 atom stereocenters. The summed E-state index contributed by atoms with van der Waals surface area (Å²) in [6.45, 7) is 0.0478. The van der Waals surface area contributed by atoms with E-state index in [4.69, 9.17) is 9.47 Å². The van der Waals surface area contributed by atoms with E-state index in [0.29, 0.717) is 11.3 Å². The molecule has 4 aromatic rings. The minimum Gasteiger partial charge on any atom is -0.468 e. The summed E-state index contributed by atoms with van der Waals surface area (Å²) in [4.78, 5) is 32.2. The number of methoxy groups -OCH3 is 1. The molecule has 0 amide bonds. The molecule has 2 aromatic carbocycles. The Hall–Kier alpha value is -3.52. The topological polar surface area (TPSA) is 97.1 Å². The zero-order valence-electron chi connectivity index (χ0n) is 14.8. The van der Waals surface area contributed by atoms with E-state index >= 15 is 4.39 Å². The van der Waals surface area contributed by atoms with Crippen molar-refractivity contribution in [1.82, 2.24) is 15.0 Å². The highest BCUT2D eigenvalue weighted by molar-refractivity contribution is 6.03. The van der Waals surface area contributed by atoms with E-state index < -0.39 is 17.1 Å². The van der Waals surface area contributed by atoms with Crippen LogP contribution >= 0.6 is 0 Å². The van der Waals surface area contributed by atoms with E-state index in [2.05, 4.69) is 15.0 Å². The standard InChI is InChI=1S/C20H14FN3O4/c1-27-8-28-11-4-10-3-2-9-5-12(9)15(10)13(6-11)17-16(21)18-14(7-22-17)19(25)24-20(26)23-18/h2-4,6-7H,5,8H2,1H3,(H2,23,24,25,26). The SMILES string of the molecule is COCOc1cc(-c2ncc3c(=O)[nH]c(=O)[nH]c3c2F)c2c3c(ccc2c1)C3. The molecule has 140 valence electrons. The van der Waals surface area contributed by atoms with Gasteiger partial charge in [0, 0.05) is 18.9 Å². The van der Waals surface area contributed by atoms with Gasteiger partial charge in [0.05, 0.1) is 10.9 Å². The molecule has 0 unspecified atom stereocenters. The molecule has 0 bridgehead atoms. The maximum absolute atomic E-state index is 15.3. The van der Waals surface area contributed by atoms with Crippen LogP contribution in [0.25, 0.3) is 32.9 Å². The van der Waals surface area contributed by atoms with E-state index in [1.165, 1.54) is 18.9 Å². The summed E-state index contributed by atoms with van der Waals surface area (Å²) in [7, 11) is 1.51. The summed E-state index contributed by atoms with van der Waals surface area (Å²) in [5.74, 6) is -0.255. The van der Waals surface area contributed by atoms with Crippen LogP contribution in [0.2, 0.25) is 0 Å². The minimum atomic E-state index is -0.775. The van der Waals surface area contributed by atoms with E-state index in [9.17, 15) is 9.59 Å². The van der Waals surface area contributed by atoms with Crippen molar-refractivity contribution in [3.63, 3.8) is 0 Å². The molecular formula is C20H14FN3O4. The molecular weight excluding hydrogens is 365 g/mol. The van der Waals surface area contributed by atoms with Crippen molar-refractivity contribution in [1.29, 1.82) is 0 Å². The highest BCUT2D eigenvalue weighted by Gasteiger charge is 2.25. The summed E-state index contributed by atoms with van der Waals surface area (Å²) < 4.78 is 25.8. The minimum absolute atomic E-state index is 0.0206. The number of hydrogen-bond acceptors (Lipinski definition) is 5. The Bertz CT molecular complexity index is 1390. The average molecular weight is 379 g/mol. The molecule has 0 saturated heterocycles. The van der Waals surface area contributed by atoms with Crippen LogP contribution in [0.3, 0.4) is 0 Å². The Balaban J connectivity index is 1.83. The molecule has 8 heteroatoms. The Morgan fingerprint density at radius 2 is 2.07 bits per heavy atom. The number of nitrogens with zero attached hydrogens (tertiary/aromatic N) is 1. The largest absolute Gasteiger partial charge is 0.468 e. The molecule has 0 radical (unpaired) electrons. The van der Waals surface area contributed by atoms with Gasteiger partial charge in [0.25, 0.3) is 5.56 Å². The molecule has 1 aliphatic rings. The van der Waals surface area contributed by atoms with Gasteiger partial charge in [-0.05, 0) is 40.5 Å². The third-order valence-corrected chi connectivity index (χ3v) is 4.87. The maximum Gasteiger partial charge on any atom is 0.326 e. The lowest BCUT2D eigenvalue weighted by Crippen LogP contribution is -2.22. The predicted octanol–water partition coefficient (Wildman–Crippen LogP) is 2.46. The number of H-pyrrole nitrogens is 2. The van der Waals surface area contributed by atoms with Crippen molar-refractivity contribution < 1.29 is 13.9 Å². The number of aromatic amines is 2. The monoisotopic (exact) mass is 379 g/mol. The molecule has 7 nitrogen and oxygen atoms in total. The fourth-order valence-electron chi connectivity index (χ4n) is 3.53. The van der Waals surface area contributed by atoms with Crippen molar-refractivity contribution in [3.05, 3.63) is 68.2 Å². The molecule has 5 rings (SSSR count). The van der Waals surface area contributed by atoms with Gasteiger partial charge in [0.2, 0.25) is 0 Å². The summed E-state index contributed by atoms with van der Waals surface area (Å²) in [5.41, 5.74) is 1.28. The van der Waals surface area contributed by atoms with Gasteiger partial charge in [0.1, 0.15) is 11.4 Å². The Morgan fingerprint density at radius 3 is 2.89 bits per heavy atom. The van der Waals surface area contributed by atoms with Gasteiger partial charge >= 0.3 is 5.69 Å². The smallest absolute Gasteiger partial charge is 0.326 e. The second-order valence-electron chi connectivity index (χ2n) is 6.62. The van der Waals surface area contributed by atoms with E-state index in [1.807, 2.05) is 18.2 Å². The first kappa shape index (κ1) is 16.6. The fraction of sp³-hybridized carbons (Fsp3) is 0.150. The number of fused-ring (bicyclic) bond motifs is 4. The predicted molar refractivity (Wildman–Crippen MR) is 101 cm³/mol. The second kappa shape index (κ2) is 6.00. The molecule has 2 N–H and O–H groups in total. The lowest BCUT2D eigenvalue weighted by molar-refractivity contribution is 0.0512. The molecule has 2 heterocycles. The lowest BCUT2D eigenvalue weighted by Gasteiger charge is -2.12. The first-order valence-corrected chi connectivity index (χ1v) is 8.58. The summed E-state index contributed by atoms with van der Waals surface area (Å²) in [5, 5.41) is 1.76. The van der Waals surface area contributed by atoms with Crippen LogP contribution in [-0.2, 0) is 11.2 Å². The molecule has 28 heavy (non-hydrogen) atoms. The van der Waals surface area contributed by atoms with Crippen molar-refractivity contribution >= 4 is 21.7 Å². The van der Waals surface area contributed by atoms with Crippen LogP contribution in [0.15, 0.2) is 40.1 Å². The van der Waals surface area contributed by atoms with E-state index in [1.54, 1.807) is 6.07 Å². The fourth-order valence-corrected chi connectivity index (χ4v) is 3.53. The zero-order valence-corrected chi connectivity index (χ0v) is 14.8. The Kier molecular flexibility index (Phi) is 3.56. The number of hydrogen-bond donors (Lipinski definition) is 2. The van der Waals surface area contributed by atoms with Crippen molar-refractivity contribution in [3.8, 4) is 17.0 Å². The van der Waals surface area contributed by atoms with Crippen LogP contribution < -0.4 is 16.0 Å². The van der Waals surface area contributed by atoms with Gasteiger partial charge in [-0.25, -0.2) is 9.18 Å². The van der Waals surface area contributed by atoms with Gasteiger partial charge in [-0.3, -0.25) is 14.8 Å². The van der Waals surface area contributed by atoms with Crippen molar-refractivity contribution in [2.75, 3.05) is 13.9 Å². The van der Waals surface area contributed by atoms with Gasteiger partial charge in [0.15, 0.2) is 12.6 Å². The number of halogens is 1. The van der Waals surface area contributed by atoms with Crippen LogP contribution in [0, 0.1) is 5.82 Å². The number of benzene rings is 2. The number of aromatic nitrogens is 3. The quantitative estimate of drug-likeness (QED) is 0.468. The first-order valence-electron chi connectivity index (χ1n) is 8.58. The van der Waals surface area contributed by atoms with Gasteiger partial charge in [-0.1, -0.05) is 12.1 Å². The molecule has 0 aliphatic heterocycles. The number of rotatable bonds is 4. The number of nitrogens with one attached hydrogen (secondary N) is 2. The zero-order chi connectivity index (χ0) is 19.4. The highest BCUT2D eigenvalue weighted by Crippen LogP contribution is 2.43. The van der Waals surface area contributed by atoms with Gasteiger partial charge in [-0.2, -0.15) is 0 Å². The number of pyridine rings is 1. The maximum atomic E-state index is 15.3. The third-order valence-electron chi connectivity index (χ3n) is 4.87.